The number of hydrogen-bond acceptors (Lipinski definition) is 5. The van der Waals surface area contributed by atoms with Crippen LogP contribution in [0.5, 0.6) is 5.75 Å². The lowest BCUT2D eigenvalue weighted by molar-refractivity contribution is 0.0922. The van der Waals surface area contributed by atoms with Crippen LogP contribution in [0.3, 0.4) is 0 Å². The summed E-state index contributed by atoms with van der Waals surface area (Å²) < 4.78 is 15.9. The fraction of sp³-hybridized carbons (Fsp3) is 0.556. The molecule has 1 aromatic carbocycles. The molecule has 0 fully saturated rings. The average Bonchev–Trinajstić information content (AvgIpc) is 2.58. The van der Waals surface area contributed by atoms with Crippen LogP contribution in [0.25, 0.3) is 0 Å². The van der Waals surface area contributed by atoms with Crippen molar-refractivity contribution in [1.29, 1.82) is 0 Å². The highest BCUT2D eigenvalue weighted by atomic mass is 16.5. The van der Waals surface area contributed by atoms with Gasteiger partial charge in [-0.1, -0.05) is 13.8 Å². The molecule has 0 radical (unpaired) electrons. The number of rotatable bonds is 9. The summed E-state index contributed by atoms with van der Waals surface area (Å²) in [5, 5.41) is 2.71. The zero-order chi connectivity index (χ0) is 17.8. The molecule has 0 aromatic heterocycles. The van der Waals surface area contributed by atoms with Gasteiger partial charge in [0.2, 0.25) is 0 Å². The number of aliphatic imine (C=N–C) groups is 1. The van der Waals surface area contributed by atoms with Gasteiger partial charge in [0.25, 0.3) is 11.9 Å². The van der Waals surface area contributed by atoms with Crippen LogP contribution in [-0.2, 0) is 9.47 Å². The molecule has 0 heterocycles. The Balaban J connectivity index is 2.64. The van der Waals surface area contributed by atoms with Crippen LogP contribution in [0.4, 0.5) is 0 Å². The first-order chi connectivity index (χ1) is 11.6. The monoisotopic (exact) mass is 336 g/mol. The fourth-order valence-corrected chi connectivity index (χ4v) is 1.80. The number of benzene rings is 1. The molecular weight excluding hydrogens is 308 g/mol. The quantitative estimate of drug-likeness (QED) is 0.428. The molecule has 0 aliphatic carbocycles. The Hall–Kier alpha value is -2.08. The number of hydrogen-bond donors (Lipinski definition) is 1. The van der Waals surface area contributed by atoms with E-state index in [2.05, 4.69) is 24.2 Å². The molecule has 0 saturated carbocycles. The van der Waals surface area contributed by atoms with Crippen LogP contribution in [-0.4, -0.2) is 45.4 Å². The number of carbonyl (C=O) groups excluding carboxylic acids is 1. The zero-order valence-corrected chi connectivity index (χ0v) is 15.0. The van der Waals surface area contributed by atoms with Crippen LogP contribution in [0, 0.1) is 5.92 Å². The Kier molecular flexibility index (Phi) is 9.53. The molecule has 24 heavy (non-hydrogen) atoms. The Morgan fingerprint density at radius 1 is 1.21 bits per heavy atom. The van der Waals surface area contributed by atoms with E-state index in [4.69, 9.17) is 14.2 Å². The lowest BCUT2D eigenvalue weighted by atomic mass is 10.1. The molecule has 134 valence electrons. The van der Waals surface area contributed by atoms with E-state index in [9.17, 15) is 4.79 Å². The Morgan fingerprint density at radius 3 is 2.50 bits per heavy atom. The average molecular weight is 336 g/mol. The van der Waals surface area contributed by atoms with Gasteiger partial charge in [-0.25, -0.2) is 4.99 Å². The van der Waals surface area contributed by atoms with Gasteiger partial charge in [0, 0.05) is 18.7 Å². The fourth-order valence-electron chi connectivity index (χ4n) is 1.80. The van der Waals surface area contributed by atoms with E-state index in [1.54, 1.807) is 31.4 Å². The van der Waals surface area contributed by atoms with Gasteiger partial charge in [-0.05, 0) is 43.5 Å². The molecule has 6 heteroatoms. The van der Waals surface area contributed by atoms with Crippen LogP contribution < -0.4 is 10.1 Å². The number of amidine groups is 1. The van der Waals surface area contributed by atoms with Crippen LogP contribution in [0.1, 0.15) is 37.6 Å². The molecule has 1 N–H and O–H groups in total. The van der Waals surface area contributed by atoms with E-state index < -0.39 is 0 Å². The summed E-state index contributed by atoms with van der Waals surface area (Å²) in [4.78, 5) is 16.6. The van der Waals surface area contributed by atoms with Crippen molar-refractivity contribution in [1.82, 2.24) is 5.32 Å². The summed E-state index contributed by atoms with van der Waals surface area (Å²) in [5.74, 6) is 0.971. The maximum absolute atomic E-state index is 12.3. The molecule has 0 spiro atoms. The van der Waals surface area contributed by atoms with Gasteiger partial charge in [-0.3, -0.25) is 10.1 Å². The Bertz CT molecular complexity index is 512. The summed E-state index contributed by atoms with van der Waals surface area (Å²) in [5.41, 5.74) is 0.515. The van der Waals surface area contributed by atoms with E-state index in [0.717, 1.165) is 6.42 Å². The van der Waals surface area contributed by atoms with E-state index >= 15 is 0 Å². The third-order valence-corrected chi connectivity index (χ3v) is 3.21. The van der Waals surface area contributed by atoms with E-state index in [-0.39, 0.29) is 11.9 Å². The van der Waals surface area contributed by atoms with Crippen LogP contribution in [0.2, 0.25) is 0 Å². The Morgan fingerprint density at radius 2 is 1.92 bits per heavy atom. The second-order valence-electron chi connectivity index (χ2n) is 5.60. The second kappa shape index (κ2) is 11.5. The highest BCUT2D eigenvalue weighted by molar-refractivity contribution is 6.04. The number of methoxy groups -OCH3 is 1. The van der Waals surface area contributed by atoms with Crippen molar-refractivity contribution in [2.24, 2.45) is 10.9 Å². The van der Waals surface area contributed by atoms with Gasteiger partial charge < -0.3 is 14.2 Å². The van der Waals surface area contributed by atoms with Gasteiger partial charge >= 0.3 is 0 Å². The lowest BCUT2D eigenvalue weighted by Crippen LogP contribution is -2.33. The zero-order valence-electron chi connectivity index (χ0n) is 15.0. The first-order valence-corrected chi connectivity index (χ1v) is 8.27. The molecular formula is C18H28N2O4. The van der Waals surface area contributed by atoms with Gasteiger partial charge in [0.15, 0.2) is 0 Å². The molecule has 1 aromatic rings. The third kappa shape index (κ3) is 7.97. The molecule has 6 nitrogen and oxygen atoms in total. The van der Waals surface area contributed by atoms with Crippen molar-refractivity contribution in [3.8, 4) is 5.75 Å². The molecule has 0 bridgehead atoms. The smallest absolute Gasteiger partial charge is 0.291 e. The normalized spacial score (nSPS) is 11.5. The second-order valence-corrected chi connectivity index (χ2v) is 5.60. The van der Waals surface area contributed by atoms with Crippen molar-refractivity contribution < 1.29 is 19.0 Å². The molecule has 1 amide bonds. The topological polar surface area (TPSA) is 69.2 Å². The largest absolute Gasteiger partial charge is 0.497 e. The molecule has 0 aliphatic rings. The minimum atomic E-state index is -0.266. The molecule has 0 aliphatic heterocycles. The first-order valence-electron chi connectivity index (χ1n) is 8.27. The molecule has 0 saturated heterocycles. The Labute approximate surface area is 144 Å². The number of ether oxygens (including phenoxy) is 3. The molecule has 0 unspecified atom stereocenters. The standard InChI is InChI=1S/C18H28N2O4/c1-5-23-12-13-24-18(19-11-10-14(2)3)20-17(21)15-6-8-16(22-4)9-7-15/h6-9,14H,5,10-13H2,1-4H3,(H,19,20,21). The van der Waals surface area contributed by atoms with Crippen molar-refractivity contribution in [2.45, 2.75) is 27.2 Å². The van der Waals surface area contributed by atoms with Crippen molar-refractivity contribution in [3.63, 3.8) is 0 Å². The highest BCUT2D eigenvalue weighted by Gasteiger charge is 2.10. The summed E-state index contributed by atoms with van der Waals surface area (Å²) in [6.07, 6.45) is 0.927. The summed E-state index contributed by atoms with van der Waals surface area (Å²) in [6, 6.07) is 7.09. The van der Waals surface area contributed by atoms with Gasteiger partial charge in [-0.2, -0.15) is 0 Å². The maximum Gasteiger partial charge on any atom is 0.291 e. The van der Waals surface area contributed by atoms with Gasteiger partial charge in [0.1, 0.15) is 12.4 Å². The van der Waals surface area contributed by atoms with Crippen LogP contribution in [0.15, 0.2) is 29.3 Å². The number of amides is 1. The summed E-state index contributed by atoms with van der Waals surface area (Å²) in [7, 11) is 1.58. The van der Waals surface area contributed by atoms with Crippen LogP contribution >= 0.6 is 0 Å². The van der Waals surface area contributed by atoms with E-state index in [1.165, 1.54) is 0 Å². The summed E-state index contributed by atoms with van der Waals surface area (Å²) >= 11 is 0. The predicted octanol–water partition coefficient (Wildman–Crippen LogP) is 2.88. The predicted molar refractivity (Wildman–Crippen MR) is 94.7 cm³/mol. The number of nitrogens with one attached hydrogen (secondary N) is 1. The number of nitrogens with zero attached hydrogens (tertiary/aromatic N) is 1. The first kappa shape index (κ1) is 20.0. The molecule has 1 rings (SSSR count). The number of carbonyl (C=O) groups is 1. The maximum atomic E-state index is 12.3. The van der Waals surface area contributed by atoms with Gasteiger partial charge in [0.05, 0.1) is 13.7 Å². The van der Waals surface area contributed by atoms with Crippen molar-refractivity contribution in [3.05, 3.63) is 29.8 Å². The highest BCUT2D eigenvalue weighted by Crippen LogP contribution is 2.11. The van der Waals surface area contributed by atoms with E-state index in [0.29, 0.717) is 43.6 Å². The lowest BCUT2D eigenvalue weighted by Gasteiger charge is -2.11. The van der Waals surface area contributed by atoms with E-state index in [1.807, 2.05) is 6.92 Å². The minimum absolute atomic E-state index is 0.233. The third-order valence-electron chi connectivity index (χ3n) is 3.21. The summed E-state index contributed by atoms with van der Waals surface area (Å²) in [6.45, 7) is 8.20. The minimum Gasteiger partial charge on any atom is -0.497 e. The van der Waals surface area contributed by atoms with Crippen molar-refractivity contribution in [2.75, 3.05) is 33.5 Å². The SMILES string of the molecule is CCOCCOC(=NCCC(C)C)NC(=O)c1ccc(OC)cc1. The molecule has 0 atom stereocenters. The van der Waals surface area contributed by atoms with Crippen molar-refractivity contribution >= 4 is 11.9 Å². The van der Waals surface area contributed by atoms with Gasteiger partial charge in [-0.15, -0.1) is 0 Å².